The van der Waals surface area contributed by atoms with Crippen molar-refractivity contribution >= 4 is 27.8 Å². The Labute approximate surface area is 120 Å². The molecular weight excluding hydrogens is 270 g/mol. The Kier molecular flexibility index (Phi) is 3.10. The zero-order valence-corrected chi connectivity index (χ0v) is 11.6. The number of hydrogen-bond acceptors (Lipinski definition) is 4. The largest absolute Gasteiger partial charge is 0.493 e. The molecule has 0 amide bonds. The van der Waals surface area contributed by atoms with Gasteiger partial charge in [0.2, 0.25) is 0 Å². The normalized spacial score (nSPS) is 10.8. The molecule has 5 nitrogen and oxygen atoms in total. The van der Waals surface area contributed by atoms with Crippen molar-refractivity contribution in [1.29, 1.82) is 0 Å². The molecule has 5 heteroatoms. The SMILES string of the molecule is COc1cc2nc3ccccc3c(C(=O)O)c2cc1OC. The average molecular weight is 283 g/mol. The smallest absolute Gasteiger partial charge is 0.337 e. The Morgan fingerprint density at radius 1 is 1.00 bits per heavy atom. The van der Waals surface area contributed by atoms with Gasteiger partial charge in [0, 0.05) is 16.8 Å². The van der Waals surface area contributed by atoms with Crippen molar-refractivity contribution in [1.82, 2.24) is 4.98 Å². The van der Waals surface area contributed by atoms with Crippen LogP contribution >= 0.6 is 0 Å². The number of rotatable bonds is 3. The van der Waals surface area contributed by atoms with Gasteiger partial charge in [-0.25, -0.2) is 9.78 Å². The number of carbonyl (C=O) groups is 1. The highest BCUT2D eigenvalue weighted by Crippen LogP contribution is 2.35. The molecule has 0 unspecified atom stereocenters. The first kappa shape index (κ1) is 13.2. The average Bonchev–Trinajstić information content (AvgIpc) is 2.50. The summed E-state index contributed by atoms with van der Waals surface area (Å²) >= 11 is 0. The van der Waals surface area contributed by atoms with E-state index in [0.717, 1.165) is 0 Å². The molecule has 0 atom stereocenters. The molecule has 1 N–H and O–H groups in total. The molecule has 2 aromatic carbocycles. The number of para-hydroxylation sites is 1. The first-order valence-corrected chi connectivity index (χ1v) is 6.33. The van der Waals surface area contributed by atoms with Crippen LogP contribution in [0.2, 0.25) is 0 Å². The van der Waals surface area contributed by atoms with E-state index in [1.807, 2.05) is 6.07 Å². The number of methoxy groups -OCH3 is 2. The minimum Gasteiger partial charge on any atom is -0.493 e. The van der Waals surface area contributed by atoms with E-state index in [0.29, 0.717) is 33.3 Å². The molecule has 0 spiro atoms. The number of hydrogen-bond donors (Lipinski definition) is 1. The fraction of sp³-hybridized carbons (Fsp3) is 0.125. The molecule has 106 valence electrons. The number of carboxylic acids is 1. The lowest BCUT2D eigenvalue weighted by Gasteiger charge is -2.12. The summed E-state index contributed by atoms with van der Waals surface area (Å²) in [6, 6.07) is 10.5. The molecule has 0 saturated heterocycles. The third kappa shape index (κ3) is 2.03. The van der Waals surface area contributed by atoms with E-state index >= 15 is 0 Å². The number of aromatic carboxylic acids is 1. The standard InChI is InChI=1S/C16H13NO4/c1-20-13-7-10-12(8-14(13)21-2)17-11-6-4-3-5-9(11)15(10)16(18)19/h3-8H,1-2H3,(H,18,19). The van der Waals surface area contributed by atoms with Gasteiger partial charge in [-0.3, -0.25) is 0 Å². The Morgan fingerprint density at radius 3 is 2.33 bits per heavy atom. The lowest BCUT2D eigenvalue weighted by atomic mass is 10.0. The van der Waals surface area contributed by atoms with Crippen LogP contribution < -0.4 is 9.47 Å². The molecule has 3 rings (SSSR count). The van der Waals surface area contributed by atoms with E-state index < -0.39 is 5.97 Å². The molecule has 0 radical (unpaired) electrons. The highest BCUT2D eigenvalue weighted by atomic mass is 16.5. The number of pyridine rings is 1. The number of nitrogens with zero attached hydrogens (tertiary/aromatic N) is 1. The fourth-order valence-corrected chi connectivity index (χ4v) is 2.45. The first-order valence-electron chi connectivity index (χ1n) is 6.33. The monoisotopic (exact) mass is 283 g/mol. The Morgan fingerprint density at radius 2 is 1.67 bits per heavy atom. The molecule has 21 heavy (non-hydrogen) atoms. The molecule has 0 fully saturated rings. The van der Waals surface area contributed by atoms with E-state index in [4.69, 9.17) is 9.47 Å². The molecule has 1 aromatic heterocycles. The Bertz CT molecular complexity index is 858. The van der Waals surface area contributed by atoms with Crippen LogP contribution in [0.15, 0.2) is 36.4 Å². The van der Waals surface area contributed by atoms with Gasteiger partial charge < -0.3 is 14.6 Å². The maximum absolute atomic E-state index is 11.7. The maximum Gasteiger partial charge on any atom is 0.337 e. The number of ether oxygens (including phenoxy) is 2. The molecule has 1 heterocycles. The van der Waals surface area contributed by atoms with Gasteiger partial charge in [-0.15, -0.1) is 0 Å². The number of fused-ring (bicyclic) bond motifs is 2. The van der Waals surface area contributed by atoms with Gasteiger partial charge in [0.15, 0.2) is 11.5 Å². The van der Waals surface area contributed by atoms with Gasteiger partial charge in [-0.2, -0.15) is 0 Å². The number of aromatic nitrogens is 1. The summed E-state index contributed by atoms with van der Waals surface area (Å²) in [7, 11) is 3.04. The van der Waals surface area contributed by atoms with E-state index in [1.54, 1.807) is 30.3 Å². The summed E-state index contributed by atoms with van der Waals surface area (Å²) < 4.78 is 10.5. The Hall–Kier alpha value is -2.82. The van der Waals surface area contributed by atoms with E-state index in [1.165, 1.54) is 14.2 Å². The van der Waals surface area contributed by atoms with Crippen LogP contribution in [0.4, 0.5) is 0 Å². The quantitative estimate of drug-likeness (QED) is 0.748. The third-order valence-corrected chi connectivity index (χ3v) is 3.40. The third-order valence-electron chi connectivity index (χ3n) is 3.40. The summed E-state index contributed by atoms with van der Waals surface area (Å²) in [6.07, 6.45) is 0. The summed E-state index contributed by atoms with van der Waals surface area (Å²) in [5, 5.41) is 10.7. The minimum absolute atomic E-state index is 0.219. The predicted molar refractivity (Wildman–Crippen MR) is 79.3 cm³/mol. The highest BCUT2D eigenvalue weighted by molar-refractivity contribution is 6.14. The minimum atomic E-state index is -0.995. The molecule has 0 saturated carbocycles. The van der Waals surface area contributed by atoms with Gasteiger partial charge in [0.1, 0.15) is 0 Å². The predicted octanol–water partition coefficient (Wildman–Crippen LogP) is 3.10. The van der Waals surface area contributed by atoms with Crippen molar-refractivity contribution < 1.29 is 19.4 Å². The summed E-state index contributed by atoms with van der Waals surface area (Å²) in [4.78, 5) is 16.2. The van der Waals surface area contributed by atoms with E-state index in [9.17, 15) is 9.90 Å². The van der Waals surface area contributed by atoms with E-state index in [2.05, 4.69) is 4.98 Å². The topological polar surface area (TPSA) is 68.7 Å². The van der Waals surface area contributed by atoms with Gasteiger partial charge in [-0.1, -0.05) is 18.2 Å². The van der Waals surface area contributed by atoms with Crippen molar-refractivity contribution in [3.05, 3.63) is 42.0 Å². The lowest BCUT2D eigenvalue weighted by molar-refractivity contribution is 0.0701. The van der Waals surface area contributed by atoms with Crippen LogP contribution in [0.5, 0.6) is 11.5 Å². The van der Waals surface area contributed by atoms with Crippen molar-refractivity contribution in [3.63, 3.8) is 0 Å². The van der Waals surface area contributed by atoms with Gasteiger partial charge >= 0.3 is 5.97 Å². The molecule has 3 aromatic rings. The van der Waals surface area contributed by atoms with Crippen molar-refractivity contribution in [2.45, 2.75) is 0 Å². The van der Waals surface area contributed by atoms with Crippen molar-refractivity contribution in [2.75, 3.05) is 14.2 Å². The highest BCUT2D eigenvalue weighted by Gasteiger charge is 2.17. The van der Waals surface area contributed by atoms with Crippen molar-refractivity contribution in [2.24, 2.45) is 0 Å². The fourth-order valence-electron chi connectivity index (χ4n) is 2.45. The molecule has 0 aliphatic heterocycles. The molecular formula is C16H13NO4. The van der Waals surface area contributed by atoms with Crippen LogP contribution in [-0.2, 0) is 0 Å². The van der Waals surface area contributed by atoms with Crippen LogP contribution in [0.3, 0.4) is 0 Å². The van der Waals surface area contributed by atoms with Crippen LogP contribution in [-0.4, -0.2) is 30.3 Å². The second-order valence-electron chi connectivity index (χ2n) is 4.53. The van der Waals surface area contributed by atoms with Gasteiger partial charge in [-0.05, 0) is 12.1 Å². The number of benzene rings is 2. The maximum atomic E-state index is 11.7. The van der Waals surface area contributed by atoms with Crippen LogP contribution in [0.25, 0.3) is 21.8 Å². The summed E-state index contributed by atoms with van der Waals surface area (Å²) in [5.74, 6) is -0.000444. The van der Waals surface area contributed by atoms with Gasteiger partial charge in [0.25, 0.3) is 0 Å². The van der Waals surface area contributed by atoms with Gasteiger partial charge in [0.05, 0.1) is 30.8 Å². The summed E-state index contributed by atoms with van der Waals surface area (Å²) in [6.45, 7) is 0. The first-order chi connectivity index (χ1) is 10.2. The molecule has 0 bridgehead atoms. The summed E-state index contributed by atoms with van der Waals surface area (Å²) in [5.41, 5.74) is 1.41. The second-order valence-corrected chi connectivity index (χ2v) is 4.53. The number of carboxylic acid groups (broad SMARTS) is 1. The second kappa shape index (κ2) is 4.94. The van der Waals surface area contributed by atoms with Crippen molar-refractivity contribution in [3.8, 4) is 11.5 Å². The molecule has 0 aliphatic carbocycles. The molecule has 0 aliphatic rings. The zero-order chi connectivity index (χ0) is 15.0. The lowest BCUT2D eigenvalue weighted by Crippen LogP contribution is -2.02. The van der Waals surface area contributed by atoms with E-state index in [-0.39, 0.29) is 5.56 Å². The Balaban J connectivity index is 2.51. The zero-order valence-electron chi connectivity index (χ0n) is 11.6. The van der Waals surface area contributed by atoms with Crippen LogP contribution in [0.1, 0.15) is 10.4 Å². The van der Waals surface area contributed by atoms with Crippen LogP contribution in [0, 0.1) is 0 Å².